The largest absolute Gasteiger partial charge is 0.465 e. The van der Waals surface area contributed by atoms with Gasteiger partial charge in [-0.3, -0.25) is 4.79 Å². The van der Waals surface area contributed by atoms with Crippen molar-refractivity contribution in [2.75, 3.05) is 13.2 Å². The molecule has 0 aromatic heterocycles. The van der Waals surface area contributed by atoms with Crippen LogP contribution >= 0.6 is 0 Å². The van der Waals surface area contributed by atoms with Gasteiger partial charge in [0.05, 0.1) is 24.7 Å². The van der Waals surface area contributed by atoms with Crippen molar-refractivity contribution in [2.45, 2.75) is 18.9 Å². The van der Waals surface area contributed by atoms with Crippen molar-refractivity contribution in [3.8, 4) is 0 Å². The maximum absolute atomic E-state index is 12.0. The number of aliphatic hydroxyl groups excluding tert-OH is 2. The lowest BCUT2D eigenvalue weighted by molar-refractivity contribution is -0.148. The summed E-state index contributed by atoms with van der Waals surface area (Å²) in [6, 6.07) is 0. The van der Waals surface area contributed by atoms with E-state index in [-0.39, 0.29) is 31.0 Å². The van der Waals surface area contributed by atoms with Crippen LogP contribution in [0, 0.1) is 23.2 Å². The molecule has 3 rings (SSSR count). The molecule has 5 atom stereocenters. The lowest BCUT2D eigenvalue weighted by atomic mass is 9.66. The summed E-state index contributed by atoms with van der Waals surface area (Å²) in [6.07, 6.45) is 5.15. The monoisotopic (exact) mass is 224 g/mol. The van der Waals surface area contributed by atoms with Crippen LogP contribution in [0.25, 0.3) is 0 Å². The van der Waals surface area contributed by atoms with Crippen LogP contribution in [0.4, 0.5) is 0 Å². The summed E-state index contributed by atoms with van der Waals surface area (Å²) < 4.78 is 5.13. The summed E-state index contributed by atoms with van der Waals surface area (Å²) in [6.45, 7) is -0.0538. The number of carbonyl (C=O) groups is 1. The highest BCUT2D eigenvalue weighted by Crippen LogP contribution is 2.59. The van der Waals surface area contributed by atoms with E-state index >= 15 is 0 Å². The van der Waals surface area contributed by atoms with Crippen molar-refractivity contribution < 1.29 is 19.7 Å². The Balaban J connectivity index is 1.97. The third kappa shape index (κ3) is 1.09. The van der Waals surface area contributed by atoms with Gasteiger partial charge in [0.25, 0.3) is 0 Å². The van der Waals surface area contributed by atoms with Gasteiger partial charge in [0.2, 0.25) is 0 Å². The van der Waals surface area contributed by atoms with Crippen LogP contribution in [0.5, 0.6) is 0 Å². The van der Waals surface area contributed by atoms with Gasteiger partial charge in [0.1, 0.15) is 0 Å². The highest BCUT2D eigenvalue weighted by atomic mass is 16.5. The second-order valence-electron chi connectivity index (χ2n) is 5.19. The predicted octanol–water partition coefficient (Wildman–Crippen LogP) is 0.0950. The second kappa shape index (κ2) is 3.31. The second-order valence-corrected chi connectivity index (χ2v) is 5.19. The number of allylic oxidation sites excluding steroid dienone is 2. The molecule has 2 bridgehead atoms. The molecule has 1 saturated carbocycles. The fourth-order valence-corrected chi connectivity index (χ4v) is 3.74. The van der Waals surface area contributed by atoms with Crippen LogP contribution < -0.4 is 0 Å². The van der Waals surface area contributed by atoms with E-state index in [2.05, 4.69) is 12.2 Å². The van der Waals surface area contributed by atoms with E-state index in [1.54, 1.807) is 0 Å². The molecule has 2 fully saturated rings. The topological polar surface area (TPSA) is 66.8 Å². The number of hydrogen-bond donors (Lipinski definition) is 2. The molecule has 0 amide bonds. The van der Waals surface area contributed by atoms with E-state index in [0.29, 0.717) is 5.92 Å². The van der Waals surface area contributed by atoms with Crippen LogP contribution in [0.15, 0.2) is 12.2 Å². The number of carbonyl (C=O) groups excluding carboxylic acids is 1. The van der Waals surface area contributed by atoms with Gasteiger partial charge in [0.15, 0.2) is 0 Å². The molecule has 2 aliphatic carbocycles. The molecule has 1 unspecified atom stereocenters. The van der Waals surface area contributed by atoms with Gasteiger partial charge < -0.3 is 14.9 Å². The minimum Gasteiger partial charge on any atom is -0.465 e. The first-order valence-electron chi connectivity index (χ1n) is 5.83. The molecule has 88 valence electrons. The zero-order valence-corrected chi connectivity index (χ0v) is 9.00. The molecular formula is C12H16O4. The fourth-order valence-electron chi connectivity index (χ4n) is 3.74. The van der Waals surface area contributed by atoms with E-state index in [1.165, 1.54) is 0 Å². The molecular weight excluding hydrogens is 208 g/mol. The minimum absolute atomic E-state index is 0.179. The molecule has 0 aromatic rings. The van der Waals surface area contributed by atoms with Gasteiger partial charge in [-0.2, -0.15) is 0 Å². The molecule has 1 saturated heterocycles. The van der Waals surface area contributed by atoms with Crippen molar-refractivity contribution in [1.82, 2.24) is 0 Å². The van der Waals surface area contributed by atoms with Gasteiger partial charge in [0, 0.05) is 5.92 Å². The van der Waals surface area contributed by atoms with Crippen molar-refractivity contribution in [1.29, 1.82) is 0 Å². The van der Waals surface area contributed by atoms with Crippen LogP contribution in [-0.2, 0) is 9.53 Å². The van der Waals surface area contributed by atoms with Crippen molar-refractivity contribution in [2.24, 2.45) is 23.2 Å². The maximum atomic E-state index is 12.0. The van der Waals surface area contributed by atoms with Crippen molar-refractivity contribution in [3.63, 3.8) is 0 Å². The Bertz CT molecular complexity index is 351. The highest BCUT2D eigenvalue weighted by Gasteiger charge is 2.63. The smallest absolute Gasteiger partial charge is 0.313 e. The normalized spacial score (nSPS) is 46.6. The highest BCUT2D eigenvalue weighted by molar-refractivity contribution is 5.81. The molecule has 16 heavy (non-hydrogen) atoms. The predicted molar refractivity (Wildman–Crippen MR) is 55.3 cm³/mol. The number of esters is 1. The molecule has 1 aliphatic heterocycles. The fraction of sp³-hybridized carbons (Fsp3) is 0.750. The molecule has 0 aromatic carbocycles. The minimum atomic E-state index is -0.848. The Morgan fingerprint density at radius 3 is 2.94 bits per heavy atom. The van der Waals surface area contributed by atoms with Gasteiger partial charge in [-0.25, -0.2) is 0 Å². The number of hydrogen-bond acceptors (Lipinski definition) is 4. The summed E-state index contributed by atoms with van der Waals surface area (Å²) in [4.78, 5) is 12.0. The Morgan fingerprint density at radius 2 is 2.38 bits per heavy atom. The van der Waals surface area contributed by atoms with E-state index in [9.17, 15) is 9.90 Å². The third-order valence-electron chi connectivity index (χ3n) is 4.52. The van der Waals surface area contributed by atoms with E-state index < -0.39 is 11.5 Å². The Kier molecular flexibility index (Phi) is 2.13. The van der Waals surface area contributed by atoms with Crippen LogP contribution in [0.1, 0.15) is 12.8 Å². The molecule has 4 heteroatoms. The van der Waals surface area contributed by atoms with Gasteiger partial charge in [-0.05, 0) is 24.7 Å². The molecule has 0 radical (unpaired) electrons. The molecule has 2 N–H and O–H groups in total. The first kappa shape index (κ1) is 10.3. The Hall–Kier alpha value is -0.870. The van der Waals surface area contributed by atoms with Crippen LogP contribution in [0.3, 0.4) is 0 Å². The number of ether oxygens (including phenoxy) is 1. The lowest BCUT2D eigenvalue weighted by Gasteiger charge is -2.34. The van der Waals surface area contributed by atoms with Gasteiger partial charge >= 0.3 is 5.97 Å². The maximum Gasteiger partial charge on any atom is 0.313 e. The average Bonchev–Trinajstić information content (AvgIpc) is 2.95. The number of aliphatic hydroxyl groups is 2. The third-order valence-corrected chi connectivity index (χ3v) is 4.52. The standard InChI is InChI=1S/C12H16O4/c13-5-10(14)9-6-16-11(15)12(9)4-7-1-2-8(12)3-7/h1-2,7-10,13-14H,3-6H2/t7-,8+,9+,10?,12+/m0/s1. The van der Waals surface area contributed by atoms with Crippen molar-refractivity contribution in [3.05, 3.63) is 12.2 Å². The van der Waals surface area contributed by atoms with Crippen LogP contribution in [0.2, 0.25) is 0 Å². The first-order valence-corrected chi connectivity index (χ1v) is 5.83. The molecule has 4 nitrogen and oxygen atoms in total. The Labute approximate surface area is 93.9 Å². The van der Waals surface area contributed by atoms with E-state index in [4.69, 9.17) is 9.84 Å². The lowest BCUT2D eigenvalue weighted by Crippen LogP contribution is -2.43. The zero-order valence-electron chi connectivity index (χ0n) is 9.00. The van der Waals surface area contributed by atoms with Crippen LogP contribution in [-0.4, -0.2) is 35.5 Å². The summed E-state index contributed by atoms with van der Waals surface area (Å²) in [7, 11) is 0. The summed E-state index contributed by atoms with van der Waals surface area (Å²) in [5.74, 6) is 0.217. The van der Waals surface area contributed by atoms with E-state index in [0.717, 1.165) is 12.8 Å². The zero-order chi connectivity index (χ0) is 11.3. The number of fused-ring (bicyclic) bond motifs is 3. The van der Waals surface area contributed by atoms with Gasteiger partial charge in [-0.1, -0.05) is 12.2 Å². The number of cyclic esters (lactones) is 1. The van der Waals surface area contributed by atoms with E-state index in [1.807, 2.05) is 0 Å². The average molecular weight is 224 g/mol. The summed E-state index contributed by atoms with van der Waals surface area (Å²) >= 11 is 0. The molecule has 1 spiro atoms. The van der Waals surface area contributed by atoms with Gasteiger partial charge in [-0.15, -0.1) is 0 Å². The first-order chi connectivity index (χ1) is 7.68. The Morgan fingerprint density at radius 1 is 1.56 bits per heavy atom. The SMILES string of the molecule is O=C1OC[C@H](C(O)CO)[C@]12C[C@H]1C=C[C@@H]2C1. The van der Waals surface area contributed by atoms with Crippen molar-refractivity contribution >= 4 is 5.97 Å². The summed E-state index contributed by atoms with van der Waals surface area (Å²) in [5, 5.41) is 18.9. The summed E-state index contributed by atoms with van der Waals surface area (Å²) in [5.41, 5.74) is -0.554. The molecule has 3 aliphatic rings. The number of rotatable bonds is 2. The molecule has 1 heterocycles. The quantitative estimate of drug-likeness (QED) is 0.515.